The fourth-order valence-electron chi connectivity index (χ4n) is 3.25. The number of thiazole rings is 1. The minimum atomic E-state index is -0.916. The Labute approximate surface area is 202 Å². The van der Waals surface area contributed by atoms with Crippen LogP contribution in [0.4, 0.5) is 5.69 Å². The normalized spacial score (nSPS) is 14.1. The van der Waals surface area contributed by atoms with E-state index in [-0.39, 0.29) is 17.4 Å². The Morgan fingerprint density at radius 1 is 1.24 bits per heavy atom. The van der Waals surface area contributed by atoms with Crippen molar-refractivity contribution in [2.24, 2.45) is 0 Å². The average molecular weight is 489 g/mol. The third-order valence-electron chi connectivity index (χ3n) is 5.14. The second-order valence-electron chi connectivity index (χ2n) is 8.17. The summed E-state index contributed by atoms with van der Waals surface area (Å²) in [4.78, 5) is 46.9. The van der Waals surface area contributed by atoms with E-state index in [2.05, 4.69) is 25.8 Å². The van der Waals surface area contributed by atoms with E-state index < -0.39 is 17.9 Å². The summed E-state index contributed by atoms with van der Waals surface area (Å²) in [6.45, 7) is 3.57. The summed E-state index contributed by atoms with van der Waals surface area (Å²) < 4.78 is 0. The molecule has 0 bridgehead atoms. The first kappa shape index (κ1) is 24.7. The minimum absolute atomic E-state index is 0.0310. The van der Waals surface area contributed by atoms with E-state index in [4.69, 9.17) is 12.2 Å². The molecule has 3 rings (SSSR count). The zero-order valence-corrected chi connectivity index (χ0v) is 20.7. The van der Waals surface area contributed by atoms with Gasteiger partial charge in [0, 0.05) is 50.7 Å². The summed E-state index contributed by atoms with van der Waals surface area (Å²) in [7, 11) is 5.22. The van der Waals surface area contributed by atoms with Crippen LogP contribution in [-0.2, 0) is 22.6 Å². The molecule has 0 fully saturated rings. The lowest BCUT2D eigenvalue weighted by molar-refractivity contribution is -0.130. The van der Waals surface area contributed by atoms with Crippen LogP contribution in [0.5, 0.6) is 0 Å². The zero-order chi connectivity index (χ0) is 24.1. The van der Waals surface area contributed by atoms with Crippen molar-refractivity contribution in [2.75, 3.05) is 39.5 Å². The molecular weight excluding hydrogens is 460 g/mol. The van der Waals surface area contributed by atoms with Crippen molar-refractivity contribution in [3.63, 3.8) is 0 Å². The zero-order valence-electron chi connectivity index (χ0n) is 19.1. The second kappa shape index (κ2) is 10.8. The molecule has 0 saturated carbocycles. The lowest BCUT2D eigenvalue weighted by atomic mass is 10.2. The van der Waals surface area contributed by atoms with E-state index in [1.54, 1.807) is 26.2 Å². The van der Waals surface area contributed by atoms with Crippen molar-refractivity contribution in [1.82, 2.24) is 25.4 Å². The number of carbonyl (C=O) groups is 3. The maximum atomic E-state index is 12.8. The van der Waals surface area contributed by atoms with Crippen molar-refractivity contribution in [2.45, 2.75) is 25.9 Å². The Morgan fingerprint density at radius 2 is 1.94 bits per heavy atom. The number of hydrogen-bond donors (Lipinski definition) is 3. The van der Waals surface area contributed by atoms with Gasteiger partial charge in [0.15, 0.2) is 10.00 Å². The number of nitrogens with one attached hydrogen (secondary N) is 3. The summed E-state index contributed by atoms with van der Waals surface area (Å²) in [6, 6.07) is 6.39. The first-order chi connectivity index (χ1) is 15.6. The van der Waals surface area contributed by atoms with Crippen LogP contribution in [0.2, 0.25) is 0 Å². The number of hydrogen-bond acceptors (Lipinski definition) is 7. The summed E-state index contributed by atoms with van der Waals surface area (Å²) >= 11 is 6.51. The molecule has 0 radical (unpaired) electrons. The molecule has 3 N–H and O–H groups in total. The van der Waals surface area contributed by atoms with Gasteiger partial charge in [0.25, 0.3) is 11.8 Å². The molecule has 2 aromatic rings. The van der Waals surface area contributed by atoms with Crippen molar-refractivity contribution >= 4 is 52.0 Å². The predicted molar refractivity (Wildman–Crippen MR) is 133 cm³/mol. The maximum absolute atomic E-state index is 12.8. The van der Waals surface area contributed by atoms with Gasteiger partial charge >= 0.3 is 0 Å². The van der Waals surface area contributed by atoms with Crippen LogP contribution in [0, 0.1) is 6.92 Å². The number of likely N-dealkylation sites (N-methyl/N-ethyl adjacent to an activating group) is 2. The van der Waals surface area contributed by atoms with E-state index in [9.17, 15) is 14.4 Å². The molecule has 1 aromatic carbocycles. The highest BCUT2D eigenvalue weighted by Gasteiger charge is 2.27. The fraction of sp³-hybridized carbons (Fsp3) is 0.409. The van der Waals surface area contributed by atoms with Crippen LogP contribution in [0.3, 0.4) is 0 Å². The largest absolute Gasteiger partial charge is 0.369 e. The molecule has 0 spiro atoms. The molecule has 1 atom stereocenters. The van der Waals surface area contributed by atoms with Gasteiger partial charge in [-0.25, -0.2) is 4.98 Å². The third kappa shape index (κ3) is 6.56. The number of carbonyl (C=O) groups excluding carboxylic acids is 3. The molecule has 33 heavy (non-hydrogen) atoms. The molecule has 11 heteroatoms. The van der Waals surface area contributed by atoms with E-state index in [0.717, 1.165) is 35.6 Å². The van der Waals surface area contributed by atoms with E-state index >= 15 is 0 Å². The number of aromatic nitrogens is 1. The maximum Gasteiger partial charge on any atom is 0.283 e. The summed E-state index contributed by atoms with van der Waals surface area (Å²) in [5.41, 5.74) is 2.62. The number of fused-ring (bicyclic) bond motifs is 1. The average Bonchev–Trinajstić information content (AvgIpc) is 3.20. The quantitative estimate of drug-likeness (QED) is 0.524. The van der Waals surface area contributed by atoms with Gasteiger partial charge in [-0.05, 0) is 26.1 Å². The molecule has 1 aliphatic heterocycles. The molecule has 2 heterocycles. The smallest absolute Gasteiger partial charge is 0.283 e. The van der Waals surface area contributed by atoms with Crippen LogP contribution >= 0.6 is 23.6 Å². The third-order valence-corrected chi connectivity index (χ3v) is 6.55. The van der Waals surface area contributed by atoms with Crippen molar-refractivity contribution in [1.29, 1.82) is 0 Å². The molecule has 1 unspecified atom stereocenters. The highest BCUT2D eigenvalue weighted by atomic mass is 32.1. The highest BCUT2D eigenvalue weighted by molar-refractivity contribution is 7.82. The molecule has 9 nitrogen and oxygen atoms in total. The molecular formula is C22H28N6O3S2. The van der Waals surface area contributed by atoms with E-state index in [1.165, 1.54) is 16.2 Å². The Morgan fingerprint density at radius 3 is 2.61 bits per heavy atom. The SMILES string of the molecule is Cc1ccc(NC(=O)C(=S)NCC(NC(=O)c2nc3c(s2)CN(C)CC3)C(=O)N(C)C)cc1. The molecule has 176 valence electrons. The van der Waals surface area contributed by atoms with Gasteiger partial charge in [0.1, 0.15) is 6.04 Å². The lowest BCUT2D eigenvalue weighted by Gasteiger charge is -2.22. The molecule has 0 aliphatic carbocycles. The van der Waals surface area contributed by atoms with Gasteiger partial charge in [-0.1, -0.05) is 29.9 Å². The molecule has 0 saturated heterocycles. The number of thiocarbonyl (C=S) groups is 1. The molecule has 1 aromatic heterocycles. The number of amides is 3. The molecule has 3 amide bonds. The standard InChI is InChI=1S/C22H28N6O3S2/c1-13-5-7-14(8-6-13)24-18(29)20(32)23-11-16(22(31)27(2)3)25-19(30)21-26-15-9-10-28(4)12-17(15)33-21/h5-8,16H,9-12H2,1-4H3,(H,23,32)(H,24,29)(H,25,30). The van der Waals surface area contributed by atoms with Crippen LogP contribution in [0.15, 0.2) is 24.3 Å². The topological polar surface area (TPSA) is 107 Å². The predicted octanol–water partition coefficient (Wildman–Crippen LogP) is 1.18. The number of benzene rings is 1. The van der Waals surface area contributed by atoms with Crippen LogP contribution in [-0.4, -0.2) is 77.8 Å². The monoisotopic (exact) mass is 488 g/mol. The Balaban J connectivity index is 1.62. The highest BCUT2D eigenvalue weighted by Crippen LogP contribution is 2.24. The van der Waals surface area contributed by atoms with Crippen molar-refractivity contribution in [3.8, 4) is 0 Å². The minimum Gasteiger partial charge on any atom is -0.369 e. The number of aryl methyl sites for hydroxylation is 1. The first-order valence-electron chi connectivity index (χ1n) is 10.5. The van der Waals surface area contributed by atoms with Crippen molar-refractivity contribution in [3.05, 3.63) is 45.4 Å². The summed E-state index contributed by atoms with van der Waals surface area (Å²) in [6.07, 6.45) is 0.793. The van der Waals surface area contributed by atoms with Gasteiger partial charge in [-0.3, -0.25) is 14.4 Å². The van der Waals surface area contributed by atoms with Gasteiger partial charge < -0.3 is 25.8 Å². The lowest BCUT2D eigenvalue weighted by Crippen LogP contribution is -2.53. The van der Waals surface area contributed by atoms with Crippen LogP contribution in [0.25, 0.3) is 0 Å². The van der Waals surface area contributed by atoms with Gasteiger partial charge in [-0.2, -0.15) is 0 Å². The number of nitrogens with zero attached hydrogens (tertiary/aromatic N) is 3. The van der Waals surface area contributed by atoms with E-state index in [0.29, 0.717) is 10.7 Å². The first-order valence-corrected chi connectivity index (χ1v) is 11.7. The van der Waals surface area contributed by atoms with Gasteiger partial charge in [0.2, 0.25) is 5.91 Å². The Bertz CT molecular complexity index is 1050. The fourth-order valence-corrected chi connectivity index (χ4v) is 4.48. The van der Waals surface area contributed by atoms with Crippen molar-refractivity contribution < 1.29 is 14.4 Å². The number of rotatable bonds is 6. The molecule has 1 aliphatic rings. The summed E-state index contributed by atoms with van der Waals surface area (Å²) in [5, 5.41) is 8.56. The van der Waals surface area contributed by atoms with Crippen LogP contribution in [0.1, 0.15) is 25.9 Å². The number of anilines is 1. The van der Waals surface area contributed by atoms with Gasteiger partial charge in [-0.15, -0.1) is 11.3 Å². The Kier molecular flexibility index (Phi) is 8.11. The second-order valence-corrected chi connectivity index (χ2v) is 9.66. The van der Waals surface area contributed by atoms with Crippen LogP contribution < -0.4 is 16.0 Å². The van der Waals surface area contributed by atoms with E-state index in [1.807, 2.05) is 26.1 Å². The summed E-state index contributed by atoms with van der Waals surface area (Å²) in [5.74, 6) is -1.24. The van der Waals surface area contributed by atoms with Gasteiger partial charge in [0.05, 0.1) is 5.69 Å². The Hall–Kier alpha value is -2.89.